The molecule has 9 nitrogen and oxygen atoms in total. The molecule has 0 heterocycles. The van der Waals surface area contributed by atoms with Gasteiger partial charge >= 0.3 is 17.9 Å². The number of unbranched alkanes of at least 4 members (excludes halogenated alkanes) is 1. The Morgan fingerprint density at radius 3 is 1.85 bits per heavy atom. The van der Waals surface area contributed by atoms with Gasteiger partial charge in [0.05, 0.1) is 40.0 Å². The van der Waals surface area contributed by atoms with Gasteiger partial charge in [0.25, 0.3) is 0 Å². The van der Waals surface area contributed by atoms with E-state index >= 15 is 0 Å². The maximum absolute atomic E-state index is 12.7. The fourth-order valence-electron chi connectivity index (χ4n) is 3.97. The number of rotatable bonds is 19. The van der Waals surface area contributed by atoms with Crippen molar-refractivity contribution in [1.29, 1.82) is 0 Å². The zero-order valence-electron chi connectivity index (χ0n) is 25.9. The third kappa shape index (κ3) is 12.3. The summed E-state index contributed by atoms with van der Waals surface area (Å²) in [5, 5.41) is 0. The Morgan fingerprint density at radius 2 is 1.24 bits per heavy atom. The molecule has 0 radical (unpaired) electrons. The number of esters is 3. The molecule has 0 fully saturated rings. The van der Waals surface area contributed by atoms with Crippen LogP contribution in [0.3, 0.4) is 0 Å². The molecular formula is C37H38O9. The van der Waals surface area contributed by atoms with Crippen LogP contribution in [0.4, 0.5) is 0 Å². The highest BCUT2D eigenvalue weighted by molar-refractivity contribution is 6.07. The molecular weight excluding hydrogens is 588 g/mol. The SMILES string of the molecule is C=CC(=O)OCCCCOc1ccc(-c2ccc(C(=O)/C=C/c3ccc(OCCCOC(=O)C(=C)CC(=O)OC)cc3)cc2)cc1. The van der Waals surface area contributed by atoms with Crippen molar-refractivity contribution in [3.05, 3.63) is 115 Å². The van der Waals surface area contributed by atoms with E-state index in [1.807, 2.05) is 48.5 Å². The number of hydrogen-bond donors (Lipinski definition) is 0. The molecule has 3 aromatic rings. The molecule has 3 rings (SSSR count). The molecule has 0 aromatic heterocycles. The van der Waals surface area contributed by atoms with Gasteiger partial charge in [-0.2, -0.15) is 0 Å². The van der Waals surface area contributed by atoms with Crippen LogP contribution in [0, 0.1) is 0 Å². The van der Waals surface area contributed by atoms with E-state index in [-0.39, 0.29) is 24.4 Å². The van der Waals surface area contributed by atoms with E-state index in [0.717, 1.165) is 34.9 Å². The monoisotopic (exact) mass is 626 g/mol. The summed E-state index contributed by atoms with van der Waals surface area (Å²) in [4.78, 5) is 46.8. The molecule has 240 valence electrons. The third-order valence-electron chi connectivity index (χ3n) is 6.55. The van der Waals surface area contributed by atoms with Gasteiger partial charge in [0.2, 0.25) is 0 Å². The number of benzene rings is 3. The van der Waals surface area contributed by atoms with E-state index in [9.17, 15) is 19.2 Å². The molecule has 0 bridgehead atoms. The van der Waals surface area contributed by atoms with E-state index in [2.05, 4.69) is 17.9 Å². The number of hydrogen-bond acceptors (Lipinski definition) is 9. The first-order chi connectivity index (χ1) is 22.3. The summed E-state index contributed by atoms with van der Waals surface area (Å²) < 4.78 is 25.9. The fourth-order valence-corrected chi connectivity index (χ4v) is 3.97. The van der Waals surface area contributed by atoms with Crippen LogP contribution in [-0.4, -0.2) is 57.2 Å². The molecule has 0 aliphatic heterocycles. The Kier molecular flexibility index (Phi) is 14.5. The second-order valence-corrected chi connectivity index (χ2v) is 9.99. The van der Waals surface area contributed by atoms with Crippen LogP contribution in [0.2, 0.25) is 0 Å². The number of methoxy groups -OCH3 is 1. The van der Waals surface area contributed by atoms with Crippen molar-refractivity contribution in [3.8, 4) is 22.6 Å². The quantitative estimate of drug-likeness (QED) is 0.0479. The Hall–Kier alpha value is -5.44. The first kappa shape index (κ1) is 35.0. The highest BCUT2D eigenvalue weighted by Gasteiger charge is 2.13. The lowest BCUT2D eigenvalue weighted by molar-refractivity contribution is -0.144. The van der Waals surface area contributed by atoms with Gasteiger partial charge in [0.15, 0.2) is 5.78 Å². The number of allylic oxidation sites excluding steroid dienone is 1. The first-order valence-electron chi connectivity index (χ1n) is 14.8. The summed E-state index contributed by atoms with van der Waals surface area (Å²) in [5.41, 5.74) is 3.44. The van der Waals surface area contributed by atoms with Crippen molar-refractivity contribution in [1.82, 2.24) is 0 Å². The molecule has 0 spiro atoms. The predicted octanol–water partition coefficient (Wildman–Crippen LogP) is 6.57. The molecule has 0 amide bonds. The van der Waals surface area contributed by atoms with Gasteiger partial charge in [-0.15, -0.1) is 0 Å². The number of ether oxygens (including phenoxy) is 5. The van der Waals surface area contributed by atoms with Crippen molar-refractivity contribution in [2.24, 2.45) is 0 Å². The Balaban J connectivity index is 1.38. The second kappa shape index (κ2) is 19.1. The van der Waals surface area contributed by atoms with E-state index in [1.54, 1.807) is 30.3 Å². The predicted molar refractivity (Wildman–Crippen MR) is 174 cm³/mol. The topological polar surface area (TPSA) is 114 Å². The molecule has 0 aliphatic carbocycles. The smallest absolute Gasteiger partial charge is 0.333 e. The molecule has 0 N–H and O–H groups in total. The van der Waals surface area contributed by atoms with Gasteiger partial charge in [-0.3, -0.25) is 9.59 Å². The largest absolute Gasteiger partial charge is 0.494 e. The average Bonchev–Trinajstić information content (AvgIpc) is 3.09. The molecule has 0 aliphatic rings. The summed E-state index contributed by atoms with van der Waals surface area (Å²) in [6.07, 6.45) is 6.15. The molecule has 0 atom stereocenters. The van der Waals surface area contributed by atoms with Crippen molar-refractivity contribution in [2.75, 3.05) is 33.5 Å². The average molecular weight is 627 g/mol. The summed E-state index contributed by atoms with van der Waals surface area (Å²) in [6.45, 7) is 8.21. The maximum atomic E-state index is 12.7. The van der Waals surface area contributed by atoms with Crippen molar-refractivity contribution < 1.29 is 42.9 Å². The molecule has 0 saturated heterocycles. The number of carbonyl (C=O) groups excluding carboxylic acids is 4. The van der Waals surface area contributed by atoms with Crippen LogP contribution >= 0.6 is 0 Å². The zero-order valence-corrected chi connectivity index (χ0v) is 25.9. The second-order valence-electron chi connectivity index (χ2n) is 9.99. The molecule has 9 heteroatoms. The van der Waals surface area contributed by atoms with Crippen molar-refractivity contribution in [3.63, 3.8) is 0 Å². The lowest BCUT2D eigenvalue weighted by Gasteiger charge is -2.08. The standard InChI is InChI=1S/C37H38O9/c1-4-35(39)45-23-6-5-22-43-33-19-15-30(16-20-33)29-11-13-31(14-12-29)34(38)21-10-28-8-17-32(18-9-28)44-24-7-25-46-37(41)27(2)26-36(40)42-3/h4,8-21H,1-2,5-7,22-26H2,3H3/b21-10+. The third-order valence-corrected chi connectivity index (χ3v) is 6.55. The van der Waals surface area contributed by atoms with Gasteiger partial charge in [0.1, 0.15) is 11.5 Å². The number of carbonyl (C=O) groups is 4. The minimum absolute atomic E-state index is 0.0383. The van der Waals surface area contributed by atoms with Crippen LogP contribution in [0.1, 0.15) is 41.6 Å². The summed E-state index contributed by atoms with van der Waals surface area (Å²) in [6, 6.07) is 22.4. The van der Waals surface area contributed by atoms with E-state index in [0.29, 0.717) is 44.0 Å². The highest BCUT2D eigenvalue weighted by Crippen LogP contribution is 2.23. The van der Waals surface area contributed by atoms with Crippen molar-refractivity contribution in [2.45, 2.75) is 25.7 Å². The first-order valence-corrected chi connectivity index (χ1v) is 14.8. The normalized spacial score (nSPS) is 10.5. The Morgan fingerprint density at radius 1 is 0.696 bits per heavy atom. The van der Waals surface area contributed by atoms with Crippen LogP contribution in [-0.2, 0) is 28.6 Å². The van der Waals surface area contributed by atoms with Gasteiger partial charge in [-0.1, -0.05) is 67.8 Å². The van der Waals surface area contributed by atoms with Crippen LogP contribution in [0.15, 0.2) is 104 Å². The van der Waals surface area contributed by atoms with Crippen LogP contribution < -0.4 is 9.47 Å². The Labute approximate surface area is 269 Å². The van der Waals surface area contributed by atoms with Gasteiger partial charge in [0, 0.05) is 23.6 Å². The number of ketones is 1. The van der Waals surface area contributed by atoms with Gasteiger partial charge in [-0.25, -0.2) is 9.59 Å². The molecule has 46 heavy (non-hydrogen) atoms. The minimum atomic E-state index is -0.639. The maximum Gasteiger partial charge on any atom is 0.333 e. The van der Waals surface area contributed by atoms with Crippen LogP contribution in [0.25, 0.3) is 17.2 Å². The Bertz CT molecular complexity index is 1500. The van der Waals surface area contributed by atoms with Gasteiger partial charge in [-0.05, 0) is 59.9 Å². The fraction of sp³-hybridized carbons (Fsp3) is 0.243. The summed E-state index contributed by atoms with van der Waals surface area (Å²) in [7, 11) is 1.24. The van der Waals surface area contributed by atoms with E-state index < -0.39 is 17.9 Å². The zero-order chi connectivity index (χ0) is 33.1. The molecule has 3 aromatic carbocycles. The summed E-state index contributed by atoms with van der Waals surface area (Å²) in [5.74, 6) is -0.328. The van der Waals surface area contributed by atoms with Gasteiger partial charge < -0.3 is 23.7 Å². The van der Waals surface area contributed by atoms with E-state index in [1.165, 1.54) is 13.2 Å². The lowest BCUT2D eigenvalue weighted by Crippen LogP contribution is -2.13. The molecule has 0 saturated carbocycles. The lowest BCUT2D eigenvalue weighted by atomic mass is 10.0. The minimum Gasteiger partial charge on any atom is -0.494 e. The highest BCUT2D eigenvalue weighted by atomic mass is 16.5. The van der Waals surface area contributed by atoms with E-state index in [4.69, 9.17) is 18.9 Å². The van der Waals surface area contributed by atoms with Crippen LogP contribution in [0.5, 0.6) is 11.5 Å². The summed E-state index contributed by atoms with van der Waals surface area (Å²) >= 11 is 0. The van der Waals surface area contributed by atoms with Crippen molar-refractivity contribution >= 4 is 29.8 Å². The molecule has 0 unspecified atom stereocenters.